The number of nitrogens with zero attached hydrogens (tertiary/aromatic N) is 5. The fraction of sp³-hybridized carbons (Fsp3) is 0.536. The molecule has 0 atom stereocenters. The minimum Gasteiger partial charge on any atom is -0.373 e. The van der Waals surface area contributed by atoms with Gasteiger partial charge in [-0.15, -0.1) is 0 Å². The van der Waals surface area contributed by atoms with Gasteiger partial charge >= 0.3 is 0 Å². The Kier molecular flexibility index (Phi) is 8.79. The summed E-state index contributed by atoms with van der Waals surface area (Å²) in [5, 5.41) is 0. The average molecular weight is 450 g/mol. The summed E-state index contributed by atoms with van der Waals surface area (Å²) >= 11 is 0. The van der Waals surface area contributed by atoms with Gasteiger partial charge in [0.15, 0.2) is 0 Å². The highest BCUT2D eigenvalue weighted by atomic mass is 15.3. The lowest BCUT2D eigenvalue weighted by Crippen LogP contribution is -2.47. The molecule has 0 N–H and O–H groups in total. The molecule has 0 aliphatic carbocycles. The van der Waals surface area contributed by atoms with E-state index in [2.05, 4.69) is 89.7 Å². The van der Waals surface area contributed by atoms with E-state index in [1.54, 1.807) is 0 Å². The standard InChI is InChI=1S/C28H43N5/c1-8-9-24(5)31-14-12-30(13-15-31)21-27-11-10-23(4)28(20-27)25(6)32-16-18-33(19-17-32)26(7)29-22(2)3/h9-11,20H,2,6,8,12-19,21H2,1,3-5,7H3/b24-9+,29-26+. The van der Waals surface area contributed by atoms with Crippen molar-refractivity contribution in [1.82, 2.24) is 19.6 Å². The first kappa shape index (κ1) is 25.1. The van der Waals surface area contributed by atoms with E-state index in [1.165, 1.54) is 22.4 Å². The van der Waals surface area contributed by atoms with Crippen LogP contribution in [0.3, 0.4) is 0 Å². The second kappa shape index (κ2) is 11.6. The molecular formula is C28H43N5. The number of rotatable bonds is 7. The van der Waals surface area contributed by atoms with Crippen LogP contribution in [0, 0.1) is 6.92 Å². The zero-order valence-electron chi connectivity index (χ0n) is 21.5. The molecule has 0 amide bonds. The van der Waals surface area contributed by atoms with Crippen LogP contribution in [0.15, 0.2) is 53.8 Å². The first-order valence-corrected chi connectivity index (χ1v) is 12.4. The molecule has 2 aliphatic heterocycles. The van der Waals surface area contributed by atoms with E-state index in [1.807, 2.05) is 6.92 Å². The van der Waals surface area contributed by atoms with E-state index >= 15 is 0 Å². The van der Waals surface area contributed by atoms with Crippen LogP contribution in [0.2, 0.25) is 0 Å². The Bertz CT molecular complexity index is 897. The number of aliphatic imine (C=N–C) groups is 1. The summed E-state index contributed by atoms with van der Waals surface area (Å²) in [4.78, 5) is 14.4. The average Bonchev–Trinajstić information content (AvgIpc) is 2.80. The highest BCUT2D eigenvalue weighted by molar-refractivity contribution is 5.80. The van der Waals surface area contributed by atoms with Crippen molar-refractivity contribution in [3.8, 4) is 0 Å². The molecule has 33 heavy (non-hydrogen) atoms. The number of allylic oxidation sites excluding steroid dienone is 3. The maximum Gasteiger partial charge on any atom is 0.101 e. The molecule has 0 saturated carbocycles. The summed E-state index contributed by atoms with van der Waals surface area (Å²) in [5.41, 5.74) is 7.40. The van der Waals surface area contributed by atoms with Gasteiger partial charge in [0.1, 0.15) is 5.84 Å². The van der Waals surface area contributed by atoms with E-state index in [0.29, 0.717) is 0 Å². The lowest BCUT2D eigenvalue weighted by Gasteiger charge is -2.38. The third kappa shape index (κ3) is 6.73. The molecule has 1 aromatic rings. The summed E-state index contributed by atoms with van der Waals surface area (Å²) in [6.45, 7) is 28.4. The van der Waals surface area contributed by atoms with Crippen molar-refractivity contribution in [3.05, 3.63) is 65.5 Å². The van der Waals surface area contributed by atoms with Crippen molar-refractivity contribution in [1.29, 1.82) is 0 Å². The molecule has 0 aromatic heterocycles. The Morgan fingerprint density at radius 3 is 2.12 bits per heavy atom. The van der Waals surface area contributed by atoms with Crippen LogP contribution in [-0.4, -0.2) is 77.8 Å². The van der Waals surface area contributed by atoms with Crippen LogP contribution in [0.4, 0.5) is 0 Å². The molecule has 3 rings (SSSR count). The molecule has 0 bridgehead atoms. The highest BCUT2D eigenvalue weighted by Crippen LogP contribution is 2.25. The Balaban J connectivity index is 1.59. The Morgan fingerprint density at radius 1 is 0.909 bits per heavy atom. The summed E-state index contributed by atoms with van der Waals surface area (Å²) in [6.07, 6.45) is 3.45. The van der Waals surface area contributed by atoms with Gasteiger partial charge in [0, 0.05) is 81.6 Å². The van der Waals surface area contributed by atoms with E-state index in [4.69, 9.17) is 0 Å². The molecule has 1 aromatic carbocycles. The number of hydrogen-bond acceptors (Lipinski definition) is 4. The molecule has 5 heteroatoms. The van der Waals surface area contributed by atoms with Gasteiger partial charge in [-0.2, -0.15) is 0 Å². The summed E-state index contributed by atoms with van der Waals surface area (Å²) in [6, 6.07) is 6.92. The molecule has 2 aliphatic rings. The smallest absolute Gasteiger partial charge is 0.101 e. The number of amidine groups is 1. The maximum absolute atomic E-state index is 4.53. The molecule has 5 nitrogen and oxygen atoms in total. The van der Waals surface area contributed by atoms with Crippen LogP contribution in [-0.2, 0) is 6.54 Å². The van der Waals surface area contributed by atoms with Gasteiger partial charge < -0.3 is 14.7 Å². The van der Waals surface area contributed by atoms with Gasteiger partial charge in [0.2, 0.25) is 0 Å². The first-order chi connectivity index (χ1) is 15.8. The number of hydrogen-bond donors (Lipinski definition) is 0. The van der Waals surface area contributed by atoms with Crippen LogP contribution >= 0.6 is 0 Å². The van der Waals surface area contributed by atoms with Crippen LogP contribution in [0.25, 0.3) is 5.70 Å². The first-order valence-electron chi connectivity index (χ1n) is 12.4. The van der Waals surface area contributed by atoms with Gasteiger partial charge in [-0.3, -0.25) is 4.90 Å². The van der Waals surface area contributed by atoms with Crippen molar-refractivity contribution in [2.45, 2.75) is 47.6 Å². The fourth-order valence-electron chi connectivity index (χ4n) is 4.84. The third-order valence-corrected chi connectivity index (χ3v) is 6.86. The zero-order chi connectivity index (χ0) is 24.0. The lowest BCUT2D eigenvalue weighted by atomic mass is 10.0. The largest absolute Gasteiger partial charge is 0.373 e. The van der Waals surface area contributed by atoms with Crippen LogP contribution < -0.4 is 0 Å². The van der Waals surface area contributed by atoms with Gasteiger partial charge in [0.25, 0.3) is 0 Å². The van der Waals surface area contributed by atoms with Gasteiger partial charge in [0.05, 0.1) is 0 Å². The third-order valence-electron chi connectivity index (χ3n) is 6.86. The second-order valence-corrected chi connectivity index (χ2v) is 9.48. The summed E-state index contributed by atoms with van der Waals surface area (Å²) in [5.74, 6) is 1.06. The molecule has 180 valence electrons. The maximum atomic E-state index is 4.53. The van der Waals surface area contributed by atoms with Crippen molar-refractivity contribution < 1.29 is 0 Å². The molecule has 0 radical (unpaired) electrons. The quantitative estimate of drug-likeness (QED) is 0.434. The number of benzene rings is 1. The minimum absolute atomic E-state index is 0.862. The van der Waals surface area contributed by atoms with E-state index in [-0.39, 0.29) is 0 Å². The van der Waals surface area contributed by atoms with E-state index < -0.39 is 0 Å². The summed E-state index contributed by atoms with van der Waals surface area (Å²) in [7, 11) is 0. The Labute approximate surface area is 201 Å². The molecular weight excluding hydrogens is 406 g/mol. The predicted molar refractivity (Wildman–Crippen MR) is 142 cm³/mol. The number of piperazine rings is 2. The molecule has 2 heterocycles. The molecule has 2 saturated heterocycles. The molecule has 2 fully saturated rings. The topological polar surface area (TPSA) is 25.3 Å². The highest BCUT2D eigenvalue weighted by Gasteiger charge is 2.21. The lowest BCUT2D eigenvalue weighted by molar-refractivity contribution is 0.152. The monoisotopic (exact) mass is 449 g/mol. The van der Waals surface area contributed by atoms with E-state index in [0.717, 1.165) is 82.6 Å². The normalized spacial score (nSPS) is 18.6. The SMILES string of the molecule is C=C(C)/N=C(\C)N1CCN(C(=C)c2cc(CN3CCN(/C(C)=C/CC)CC3)ccc2C)CC1. The Morgan fingerprint density at radius 2 is 1.52 bits per heavy atom. The van der Waals surface area contributed by atoms with Crippen LogP contribution in [0.5, 0.6) is 0 Å². The van der Waals surface area contributed by atoms with Gasteiger partial charge in [-0.05, 0) is 51.3 Å². The molecule has 0 unspecified atom stereocenters. The van der Waals surface area contributed by atoms with Crippen molar-refractivity contribution in [3.63, 3.8) is 0 Å². The van der Waals surface area contributed by atoms with Crippen molar-refractivity contribution in [2.75, 3.05) is 52.4 Å². The second-order valence-electron chi connectivity index (χ2n) is 9.48. The van der Waals surface area contributed by atoms with Crippen molar-refractivity contribution in [2.24, 2.45) is 4.99 Å². The predicted octanol–water partition coefficient (Wildman–Crippen LogP) is 4.97. The minimum atomic E-state index is 0.862. The van der Waals surface area contributed by atoms with Crippen LogP contribution in [0.1, 0.15) is 50.8 Å². The zero-order valence-corrected chi connectivity index (χ0v) is 21.5. The summed E-state index contributed by atoms with van der Waals surface area (Å²) < 4.78 is 0. The number of aryl methyl sites for hydroxylation is 1. The van der Waals surface area contributed by atoms with E-state index in [9.17, 15) is 0 Å². The fourth-order valence-corrected chi connectivity index (χ4v) is 4.84. The van der Waals surface area contributed by atoms with Gasteiger partial charge in [-0.25, -0.2) is 4.99 Å². The molecule has 0 spiro atoms. The Hall–Kier alpha value is -2.53. The van der Waals surface area contributed by atoms with Crippen molar-refractivity contribution >= 4 is 11.5 Å². The van der Waals surface area contributed by atoms with Gasteiger partial charge in [-0.1, -0.05) is 38.3 Å².